The SMILES string of the molecule is Cc1nc(NC(=O)Nc2cccc(Cl)c2C(=O)O)sc1C. The van der Waals surface area contributed by atoms with Gasteiger partial charge >= 0.3 is 12.0 Å². The molecule has 6 nitrogen and oxygen atoms in total. The molecule has 21 heavy (non-hydrogen) atoms. The molecular formula is C13H12ClN3O3S. The van der Waals surface area contributed by atoms with Gasteiger partial charge in [0.25, 0.3) is 0 Å². The summed E-state index contributed by atoms with van der Waals surface area (Å²) in [4.78, 5) is 28.2. The molecule has 0 aliphatic carbocycles. The van der Waals surface area contributed by atoms with Gasteiger partial charge in [-0.15, -0.1) is 11.3 Å². The van der Waals surface area contributed by atoms with E-state index in [1.807, 2.05) is 13.8 Å². The van der Waals surface area contributed by atoms with Gasteiger partial charge in [-0.3, -0.25) is 5.32 Å². The van der Waals surface area contributed by atoms with Crippen LogP contribution < -0.4 is 10.6 Å². The topological polar surface area (TPSA) is 91.3 Å². The molecule has 0 bridgehead atoms. The summed E-state index contributed by atoms with van der Waals surface area (Å²) in [6, 6.07) is 3.89. The molecule has 1 aromatic heterocycles. The lowest BCUT2D eigenvalue weighted by Gasteiger charge is -2.09. The van der Waals surface area contributed by atoms with Crippen LogP contribution in [0, 0.1) is 13.8 Å². The Labute approximate surface area is 129 Å². The molecule has 8 heteroatoms. The Morgan fingerprint density at radius 3 is 2.57 bits per heavy atom. The number of aromatic carboxylic acids is 1. The largest absolute Gasteiger partial charge is 0.478 e. The number of aryl methyl sites for hydroxylation is 2. The molecule has 2 amide bonds. The van der Waals surface area contributed by atoms with E-state index in [1.54, 1.807) is 6.07 Å². The Bertz CT molecular complexity index is 695. The molecule has 2 rings (SSSR count). The van der Waals surface area contributed by atoms with Gasteiger partial charge < -0.3 is 10.4 Å². The average molecular weight is 326 g/mol. The third-order valence-electron chi connectivity index (χ3n) is 2.72. The lowest BCUT2D eigenvalue weighted by Crippen LogP contribution is -2.21. The third-order valence-corrected chi connectivity index (χ3v) is 4.03. The quantitative estimate of drug-likeness (QED) is 0.801. The predicted octanol–water partition coefficient (Wildman–Crippen LogP) is 3.76. The maximum atomic E-state index is 11.9. The van der Waals surface area contributed by atoms with Gasteiger partial charge in [-0.2, -0.15) is 0 Å². The number of nitrogens with zero attached hydrogens (tertiary/aromatic N) is 1. The molecule has 110 valence electrons. The van der Waals surface area contributed by atoms with Crippen LogP contribution in [0.25, 0.3) is 0 Å². The first kappa shape index (κ1) is 15.3. The number of thiazole rings is 1. The average Bonchev–Trinajstić information content (AvgIpc) is 2.67. The van der Waals surface area contributed by atoms with Crippen molar-refractivity contribution >= 4 is 45.8 Å². The summed E-state index contributed by atoms with van der Waals surface area (Å²) in [6.07, 6.45) is 0. The highest BCUT2D eigenvalue weighted by molar-refractivity contribution is 7.15. The van der Waals surface area contributed by atoms with E-state index in [9.17, 15) is 9.59 Å². The van der Waals surface area contributed by atoms with Gasteiger partial charge in [-0.25, -0.2) is 14.6 Å². The second-order valence-electron chi connectivity index (χ2n) is 4.21. The number of amides is 2. The molecule has 3 N–H and O–H groups in total. The fourth-order valence-electron chi connectivity index (χ4n) is 1.62. The highest BCUT2D eigenvalue weighted by Gasteiger charge is 2.16. The second-order valence-corrected chi connectivity index (χ2v) is 5.82. The van der Waals surface area contributed by atoms with Crippen molar-refractivity contribution in [1.82, 2.24) is 4.98 Å². The van der Waals surface area contributed by atoms with E-state index in [0.717, 1.165) is 10.6 Å². The number of hydrogen-bond donors (Lipinski definition) is 3. The summed E-state index contributed by atoms with van der Waals surface area (Å²) in [7, 11) is 0. The normalized spacial score (nSPS) is 10.2. The number of carbonyl (C=O) groups is 2. The van der Waals surface area contributed by atoms with E-state index in [1.165, 1.54) is 23.5 Å². The van der Waals surface area contributed by atoms with Gasteiger partial charge in [-0.1, -0.05) is 17.7 Å². The van der Waals surface area contributed by atoms with Crippen molar-refractivity contribution in [2.24, 2.45) is 0 Å². The number of carboxylic acids is 1. The van der Waals surface area contributed by atoms with Gasteiger partial charge in [0.05, 0.1) is 16.4 Å². The van der Waals surface area contributed by atoms with Gasteiger partial charge in [0, 0.05) is 4.88 Å². The molecule has 1 heterocycles. The highest BCUT2D eigenvalue weighted by atomic mass is 35.5. The van der Waals surface area contributed by atoms with Gasteiger partial charge in [0.2, 0.25) is 0 Å². The molecule has 0 aliphatic heterocycles. The minimum atomic E-state index is -1.21. The minimum absolute atomic E-state index is 0.0567. The number of carbonyl (C=O) groups excluding carboxylic acids is 1. The lowest BCUT2D eigenvalue weighted by atomic mass is 10.2. The molecule has 0 atom stereocenters. The molecule has 0 aliphatic rings. The number of carboxylic acid groups (broad SMARTS) is 1. The van der Waals surface area contributed by atoms with Crippen LogP contribution in [0.15, 0.2) is 18.2 Å². The lowest BCUT2D eigenvalue weighted by molar-refractivity contribution is 0.0698. The number of rotatable bonds is 3. The van der Waals surface area contributed by atoms with Gasteiger partial charge in [0.15, 0.2) is 5.13 Å². The molecule has 0 saturated carbocycles. The number of aromatic nitrogens is 1. The van der Waals surface area contributed by atoms with Crippen LogP contribution >= 0.6 is 22.9 Å². The molecule has 1 aromatic carbocycles. The van der Waals surface area contributed by atoms with Gasteiger partial charge in [0.1, 0.15) is 5.56 Å². The van der Waals surface area contributed by atoms with Crippen molar-refractivity contribution in [2.45, 2.75) is 13.8 Å². The first-order valence-electron chi connectivity index (χ1n) is 5.92. The van der Waals surface area contributed by atoms with Gasteiger partial charge in [-0.05, 0) is 26.0 Å². The maximum Gasteiger partial charge on any atom is 0.339 e. The van der Waals surface area contributed by atoms with Crippen LogP contribution in [0.5, 0.6) is 0 Å². The van der Waals surface area contributed by atoms with Crippen molar-refractivity contribution in [3.8, 4) is 0 Å². The minimum Gasteiger partial charge on any atom is -0.478 e. The van der Waals surface area contributed by atoms with E-state index in [2.05, 4.69) is 15.6 Å². The molecule has 0 spiro atoms. The molecular weight excluding hydrogens is 314 g/mol. The predicted molar refractivity (Wildman–Crippen MR) is 82.6 cm³/mol. The summed E-state index contributed by atoms with van der Waals surface area (Å²) in [5, 5.41) is 14.6. The van der Waals surface area contributed by atoms with Crippen LogP contribution in [-0.4, -0.2) is 22.1 Å². The van der Waals surface area contributed by atoms with Crippen LogP contribution in [0.2, 0.25) is 5.02 Å². The molecule has 0 unspecified atom stereocenters. The number of benzene rings is 1. The standard InChI is InChI=1S/C13H12ClN3O3S/c1-6-7(2)21-13(15-6)17-12(20)16-9-5-3-4-8(14)10(9)11(18)19/h3-5H,1-2H3,(H,18,19)(H2,15,16,17,20). The number of anilines is 2. The fraction of sp³-hybridized carbons (Fsp3) is 0.154. The smallest absolute Gasteiger partial charge is 0.339 e. The Hall–Kier alpha value is -2.12. The monoisotopic (exact) mass is 325 g/mol. The number of nitrogens with one attached hydrogen (secondary N) is 2. The van der Waals surface area contributed by atoms with E-state index in [-0.39, 0.29) is 16.3 Å². The summed E-state index contributed by atoms with van der Waals surface area (Å²) >= 11 is 7.17. The summed E-state index contributed by atoms with van der Waals surface area (Å²) in [5.41, 5.74) is 0.808. The van der Waals surface area contributed by atoms with Crippen LogP contribution in [0.1, 0.15) is 20.9 Å². The Balaban J connectivity index is 2.16. The zero-order valence-electron chi connectivity index (χ0n) is 11.2. The Kier molecular flexibility index (Phi) is 4.44. The summed E-state index contributed by atoms with van der Waals surface area (Å²) in [5.74, 6) is -1.21. The first-order valence-corrected chi connectivity index (χ1v) is 7.11. The van der Waals surface area contributed by atoms with Crippen molar-refractivity contribution in [1.29, 1.82) is 0 Å². The van der Waals surface area contributed by atoms with E-state index in [4.69, 9.17) is 16.7 Å². The van der Waals surface area contributed by atoms with Crippen molar-refractivity contribution in [3.63, 3.8) is 0 Å². The number of urea groups is 1. The zero-order chi connectivity index (χ0) is 15.6. The molecule has 0 fully saturated rings. The Morgan fingerprint density at radius 2 is 2.00 bits per heavy atom. The number of halogens is 1. The summed E-state index contributed by atoms with van der Waals surface area (Å²) in [6.45, 7) is 3.74. The fourth-order valence-corrected chi connectivity index (χ4v) is 2.69. The van der Waals surface area contributed by atoms with Crippen LogP contribution in [0.3, 0.4) is 0 Å². The second kappa shape index (κ2) is 6.11. The van der Waals surface area contributed by atoms with E-state index in [0.29, 0.717) is 5.13 Å². The molecule has 0 radical (unpaired) electrons. The van der Waals surface area contributed by atoms with E-state index >= 15 is 0 Å². The van der Waals surface area contributed by atoms with E-state index < -0.39 is 12.0 Å². The van der Waals surface area contributed by atoms with Crippen LogP contribution in [0.4, 0.5) is 15.6 Å². The Morgan fingerprint density at radius 1 is 1.29 bits per heavy atom. The van der Waals surface area contributed by atoms with Crippen LogP contribution in [-0.2, 0) is 0 Å². The highest BCUT2D eigenvalue weighted by Crippen LogP contribution is 2.25. The number of hydrogen-bond acceptors (Lipinski definition) is 4. The first-order chi connectivity index (χ1) is 9.88. The van der Waals surface area contributed by atoms with Crippen molar-refractivity contribution < 1.29 is 14.7 Å². The summed E-state index contributed by atoms with van der Waals surface area (Å²) < 4.78 is 0. The third kappa shape index (κ3) is 3.50. The zero-order valence-corrected chi connectivity index (χ0v) is 12.8. The van der Waals surface area contributed by atoms with Crippen molar-refractivity contribution in [2.75, 3.05) is 10.6 Å². The van der Waals surface area contributed by atoms with Crippen molar-refractivity contribution in [3.05, 3.63) is 39.4 Å². The molecule has 0 saturated heterocycles. The molecule has 2 aromatic rings. The maximum absolute atomic E-state index is 11.9.